The minimum atomic E-state index is -0.0732. The van der Waals surface area contributed by atoms with Crippen molar-refractivity contribution in [3.63, 3.8) is 0 Å². The summed E-state index contributed by atoms with van der Waals surface area (Å²) >= 11 is 4.27. The van der Waals surface area contributed by atoms with Crippen molar-refractivity contribution in [2.75, 3.05) is 5.32 Å². The van der Waals surface area contributed by atoms with Crippen molar-refractivity contribution in [1.82, 2.24) is 0 Å². The lowest BCUT2D eigenvalue weighted by Crippen LogP contribution is -2.06. The molecule has 2 nitrogen and oxygen atoms in total. The van der Waals surface area contributed by atoms with Crippen LogP contribution in [0, 0.1) is 6.92 Å². The van der Waals surface area contributed by atoms with E-state index >= 15 is 0 Å². The van der Waals surface area contributed by atoms with Crippen LogP contribution in [0.4, 0.5) is 5.69 Å². The van der Waals surface area contributed by atoms with E-state index in [0.29, 0.717) is 0 Å². The van der Waals surface area contributed by atoms with E-state index in [-0.39, 0.29) is 5.91 Å². The largest absolute Gasteiger partial charge is 0.325 e. The van der Waals surface area contributed by atoms with Gasteiger partial charge in [-0.25, -0.2) is 0 Å². The van der Waals surface area contributed by atoms with Gasteiger partial charge in [0.1, 0.15) is 0 Å². The number of thiol groups is 1. The number of carbonyl (C=O) groups is 1. The van der Waals surface area contributed by atoms with Crippen LogP contribution in [0.5, 0.6) is 0 Å². The summed E-state index contributed by atoms with van der Waals surface area (Å²) in [7, 11) is 0. The van der Waals surface area contributed by atoms with Crippen molar-refractivity contribution in [1.29, 1.82) is 0 Å². The number of benzene rings is 1. The Morgan fingerprint density at radius 1 is 1.50 bits per heavy atom. The van der Waals surface area contributed by atoms with Gasteiger partial charge >= 0.3 is 0 Å². The molecule has 3 heteroatoms. The van der Waals surface area contributed by atoms with E-state index in [9.17, 15) is 4.79 Å². The molecule has 1 amide bonds. The molecule has 1 aromatic carbocycles. The van der Waals surface area contributed by atoms with Crippen LogP contribution in [0.1, 0.15) is 12.5 Å². The number of nitrogens with one attached hydrogen (secondary N) is 1. The van der Waals surface area contributed by atoms with Gasteiger partial charge < -0.3 is 5.32 Å². The average molecular weight is 181 g/mol. The fourth-order valence-electron chi connectivity index (χ4n) is 0.949. The Bertz CT molecular complexity index is 309. The zero-order chi connectivity index (χ0) is 9.14. The molecule has 0 saturated carbocycles. The summed E-state index contributed by atoms with van der Waals surface area (Å²) in [4.78, 5) is 11.6. The molecule has 0 heterocycles. The molecule has 0 aliphatic carbocycles. The van der Waals surface area contributed by atoms with Crippen LogP contribution < -0.4 is 5.32 Å². The Balaban J connectivity index is 3.00. The summed E-state index contributed by atoms with van der Waals surface area (Å²) in [5.41, 5.74) is 1.83. The van der Waals surface area contributed by atoms with E-state index in [4.69, 9.17) is 0 Å². The third-order valence-corrected chi connectivity index (χ3v) is 2.14. The minimum Gasteiger partial charge on any atom is -0.325 e. The van der Waals surface area contributed by atoms with Crippen molar-refractivity contribution >= 4 is 24.2 Å². The zero-order valence-electron chi connectivity index (χ0n) is 7.09. The van der Waals surface area contributed by atoms with Crippen molar-refractivity contribution in [2.45, 2.75) is 18.7 Å². The Morgan fingerprint density at radius 2 is 2.17 bits per heavy atom. The standard InChI is InChI=1S/C9H11NOS/c1-6-4-3-5-8(9(6)12)10-7(2)11/h3-5,12H,1-2H3,(H,10,11). The van der Waals surface area contributed by atoms with Gasteiger partial charge in [-0.05, 0) is 18.6 Å². The van der Waals surface area contributed by atoms with Crippen LogP contribution in [0.3, 0.4) is 0 Å². The zero-order valence-corrected chi connectivity index (χ0v) is 7.98. The van der Waals surface area contributed by atoms with Crippen molar-refractivity contribution < 1.29 is 4.79 Å². The molecule has 0 radical (unpaired) electrons. The highest BCUT2D eigenvalue weighted by Crippen LogP contribution is 2.22. The molecule has 1 rings (SSSR count). The SMILES string of the molecule is CC(=O)Nc1cccc(C)c1S. The van der Waals surface area contributed by atoms with Gasteiger partial charge in [-0.1, -0.05) is 12.1 Å². The third-order valence-electron chi connectivity index (χ3n) is 1.55. The third kappa shape index (κ3) is 2.01. The average Bonchev–Trinajstić information content (AvgIpc) is 1.98. The summed E-state index contributed by atoms with van der Waals surface area (Å²) in [5, 5.41) is 2.70. The fraction of sp³-hybridized carbons (Fsp3) is 0.222. The second kappa shape index (κ2) is 3.63. The Hall–Kier alpha value is -0.960. The van der Waals surface area contributed by atoms with E-state index in [1.54, 1.807) is 0 Å². The monoisotopic (exact) mass is 181 g/mol. The normalized spacial score (nSPS) is 9.58. The second-order valence-electron chi connectivity index (χ2n) is 2.65. The molecule has 64 valence electrons. The molecule has 12 heavy (non-hydrogen) atoms. The molecule has 0 aromatic heterocycles. The number of amides is 1. The molecule has 0 aliphatic heterocycles. The number of anilines is 1. The van der Waals surface area contributed by atoms with Gasteiger partial charge in [-0.15, -0.1) is 12.6 Å². The predicted molar refractivity (Wildman–Crippen MR) is 52.7 cm³/mol. The first kappa shape index (κ1) is 9.13. The topological polar surface area (TPSA) is 29.1 Å². The number of aryl methyl sites for hydroxylation is 1. The number of carbonyl (C=O) groups excluding carboxylic acids is 1. The molecule has 0 fully saturated rings. The number of rotatable bonds is 1. The van der Waals surface area contributed by atoms with E-state index < -0.39 is 0 Å². The van der Waals surface area contributed by atoms with Gasteiger partial charge in [0.2, 0.25) is 5.91 Å². The molecule has 0 spiro atoms. The quantitative estimate of drug-likeness (QED) is 0.639. The van der Waals surface area contributed by atoms with Gasteiger partial charge in [-0.3, -0.25) is 4.79 Å². The summed E-state index contributed by atoms with van der Waals surface area (Å²) < 4.78 is 0. The maximum atomic E-state index is 10.7. The summed E-state index contributed by atoms with van der Waals surface area (Å²) in [6, 6.07) is 5.67. The van der Waals surface area contributed by atoms with Gasteiger partial charge in [0.25, 0.3) is 0 Å². The maximum absolute atomic E-state index is 10.7. The lowest BCUT2D eigenvalue weighted by Gasteiger charge is -2.06. The first-order valence-electron chi connectivity index (χ1n) is 3.67. The Kier molecular flexibility index (Phi) is 2.76. The molecule has 0 bridgehead atoms. The van der Waals surface area contributed by atoms with Gasteiger partial charge in [0.05, 0.1) is 5.69 Å². The van der Waals surface area contributed by atoms with Gasteiger partial charge in [-0.2, -0.15) is 0 Å². The first-order chi connectivity index (χ1) is 5.61. The maximum Gasteiger partial charge on any atom is 0.221 e. The summed E-state index contributed by atoms with van der Waals surface area (Å²) in [6.45, 7) is 3.43. The van der Waals surface area contributed by atoms with Crippen molar-refractivity contribution in [2.24, 2.45) is 0 Å². The van der Waals surface area contributed by atoms with E-state index in [1.807, 2.05) is 25.1 Å². The van der Waals surface area contributed by atoms with Crippen LogP contribution in [-0.4, -0.2) is 5.91 Å². The highest BCUT2D eigenvalue weighted by Gasteiger charge is 2.01. The molecule has 1 N–H and O–H groups in total. The fourth-order valence-corrected chi connectivity index (χ4v) is 1.15. The number of hydrogen-bond donors (Lipinski definition) is 2. The second-order valence-corrected chi connectivity index (χ2v) is 3.10. The van der Waals surface area contributed by atoms with Crippen LogP contribution in [0.25, 0.3) is 0 Å². The summed E-state index contributed by atoms with van der Waals surface area (Å²) in [6.07, 6.45) is 0. The lowest BCUT2D eigenvalue weighted by atomic mass is 10.2. The van der Waals surface area contributed by atoms with Crippen LogP contribution >= 0.6 is 12.6 Å². The highest BCUT2D eigenvalue weighted by molar-refractivity contribution is 7.80. The van der Waals surface area contributed by atoms with E-state index in [2.05, 4.69) is 17.9 Å². The van der Waals surface area contributed by atoms with E-state index in [0.717, 1.165) is 16.1 Å². The smallest absolute Gasteiger partial charge is 0.221 e. The van der Waals surface area contributed by atoms with Crippen LogP contribution in [0.15, 0.2) is 23.1 Å². The van der Waals surface area contributed by atoms with Crippen molar-refractivity contribution in [3.05, 3.63) is 23.8 Å². The predicted octanol–water partition coefficient (Wildman–Crippen LogP) is 2.24. The minimum absolute atomic E-state index is 0.0732. The van der Waals surface area contributed by atoms with Crippen molar-refractivity contribution in [3.8, 4) is 0 Å². The molecular formula is C9H11NOS. The van der Waals surface area contributed by atoms with Gasteiger partial charge in [0, 0.05) is 11.8 Å². The summed E-state index contributed by atoms with van der Waals surface area (Å²) in [5.74, 6) is -0.0732. The Morgan fingerprint density at radius 3 is 2.75 bits per heavy atom. The molecule has 0 saturated heterocycles. The first-order valence-corrected chi connectivity index (χ1v) is 4.12. The van der Waals surface area contributed by atoms with E-state index in [1.165, 1.54) is 6.92 Å². The van der Waals surface area contributed by atoms with Gasteiger partial charge in [0.15, 0.2) is 0 Å². The van der Waals surface area contributed by atoms with Crippen LogP contribution in [-0.2, 0) is 4.79 Å². The Labute approximate surface area is 77.4 Å². The molecule has 0 unspecified atom stereocenters. The molecule has 0 atom stereocenters. The highest BCUT2D eigenvalue weighted by atomic mass is 32.1. The molecular weight excluding hydrogens is 170 g/mol. The molecule has 1 aromatic rings. The lowest BCUT2D eigenvalue weighted by molar-refractivity contribution is -0.114. The molecule has 0 aliphatic rings. The van der Waals surface area contributed by atoms with Crippen LogP contribution in [0.2, 0.25) is 0 Å². The number of hydrogen-bond acceptors (Lipinski definition) is 2.